The molecular weight excluding hydrogens is 668 g/mol. The number of thiazole rings is 1. The molecule has 45 heavy (non-hydrogen) atoms. The lowest BCUT2D eigenvalue weighted by atomic mass is 9.94. The van der Waals surface area contributed by atoms with Crippen LogP contribution in [0.25, 0.3) is 6.08 Å². The minimum atomic E-state index is -0.983. The van der Waals surface area contributed by atoms with Crippen molar-refractivity contribution in [3.8, 4) is 5.75 Å². The van der Waals surface area contributed by atoms with Crippen molar-refractivity contribution in [2.24, 2.45) is 4.99 Å². The zero-order valence-electron chi connectivity index (χ0n) is 24.2. The molecule has 0 N–H and O–H groups in total. The maximum Gasteiger partial charge on any atom is 0.338 e. The molecule has 2 heterocycles. The minimum absolute atomic E-state index is 0.00617. The first-order valence-corrected chi connectivity index (χ1v) is 15.2. The second-order valence-corrected chi connectivity index (χ2v) is 11.9. The van der Waals surface area contributed by atoms with Gasteiger partial charge in [-0.1, -0.05) is 29.5 Å². The van der Waals surface area contributed by atoms with E-state index in [1.54, 1.807) is 69.3 Å². The van der Waals surface area contributed by atoms with E-state index in [2.05, 4.69) is 20.9 Å². The first-order chi connectivity index (χ1) is 21.5. The lowest BCUT2D eigenvalue weighted by Crippen LogP contribution is -2.40. The van der Waals surface area contributed by atoms with Gasteiger partial charge in [0.05, 0.1) is 42.8 Å². The zero-order chi connectivity index (χ0) is 32.4. The number of benzene rings is 3. The Hall–Kier alpha value is -4.95. The molecule has 1 aromatic heterocycles. The Bertz CT molecular complexity index is 2070. The van der Waals surface area contributed by atoms with Crippen LogP contribution >= 0.6 is 27.3 Å². The molecule has 0 aliphatic carbocycles. The number of nitrogens with zero attached hydrogens (tertiary/aromatic N) is 4. The van der Waals surface area contributed by atoms with E-state index in [9.17, 15) is 29.8 Å². The van der Waals surface area contributed by atoms with E-state index < -0.39 is 27.4 Å². The number of aryl methyl sites for hydroxylation is 1. The highest BCUT2D eigenvalue weighted by Gasteiger charge is 2.34. The molecule has 0 amide bonds. The molecule has 12 nitrogen and oxygen atoms in total. The van der Waals surface area contributed by atoms with Gasteiger partial charge >= 0.3 is 5.97 Å². The Morgan fingerprint density at radius 2 is 1.80 bits per heavy atom. The highest BCUT2D eigenvalue weighted by Crippen LogP contribution is 2.33. The Morgan fingerprint density at radius 3 is 2.44 bits per heavy atom. The van der Waals surface area contributed by atoms with Crippen LogP contribution < -0.4 is 19.6 Å². The van der Waals surface area contributed by atoms with Gasteiger partial charge in [-0.25, -0.2) is 9.79 Å². The molecule has 3 aromatic carbocycles. The Labute approximate surface area is 268 Å². The molecular formula is C31H25BrN4O8S. The van der Waals surface area contributed by atoms with E-state index in [0.29, 0.717) is 41.9 Å². The monoisotopic (exact) mass is 692 g/mol. The molecule has 0 bridgehead atoms. The lowest BCUT2D eigenvalue weighted by Gasteiger charge is -2.24. The third-order valence-electron chi connectivity index (χ3n) is 7.06. The number of halogens is 1. The van der Waals surface area contributed by atoms with E-state index in [1.165, 1.54) is 22.8 Å². The summed E-state index contributed by atoms with van der Waals surface area (Å²) in [5, 5.41) is 22.6. The highest BCUT2D eigenvalue weighted by atomic mass is 79.9. The largest absolute Gasteiger partial charge is 0.488 e. The zero-order valence-corrected chi connectivity index (χ0v) is 26.6. The van der Waals surface area contributed by atoms with Crippen LogP contribution in [0.5, 0.6) is 5.75 Å². The van der Waals surface area contributed by atoms with Crippen LogP contribution in [0, 0.1) is 27.2 Å². The summed E-state index contributed by atoms with van der Waals surface area (Å²) >= 11 is 4.64. The van der Waals surface area contributed by atoms with Crippen molar-refractivity contribution in [2.45, 2.75) is 33.4 Å². The first-order valence-electron chi connectivity index (χ1n) is 13.6. The molecule has 5 rings (SSSR count). The summed E-state index contributed by atoms with van der Waals surface area (Å²) in [6.45, 7) is 5.21. The molecule has 4 aromatic rings. The third kappa shape index (κ3) is 6.47. The number of nitro benzene ring substituents is 2. The van der Waals surface area contributed by atoms with Crippen LogP contribution in [0.15, 0.2) is 86.2 Å². The van der Waals surface area contributed by atoms with E-state index in [0.717, 1.165) is 16.9 Å². The number of rotatable bonds is 9. The Balaban J connectivity index is 1.52. The van der Waals surface area contributed by atoms with Crippen LogP contribution in [-0.4, -0.2) is 27.0 Å². The number of esters is 1. The number of non-ortho nitro benzene ring substituents is 1. The summed E-state index contributed by atoms with van der Waals surface area (Å²) in [6.07, 6.45) is 1.69. The average Bonchev–Trinajstić information content (AvgIpc) is 3.30. The van der Waals surface area contributed by atoms with Crippen molar-refractivity contribution in [1.29, 1.82) is 0 Å². The molecule has 1 aliphatic rings. The Morgan fingerprint density at radius 1 is 1.07 bits per heavy atom. The summed E-state index contributed by atoms with van der Waals surface area (Å²) in [6, 6.07) is 15.0. The summed E-state index contributed by atoms with van der Waals surface area (Å²) in [7, 11) is 0. The molecule has 0 spiro atoms. The normalized spacial score (nSPS) is 14.5. The van der Waals surface area contributed by atoms with Gasteiger partial charge in [-0.2, -0.15) is 0 Å². The summed E-state index contributed by atoms with van der Waals surface area (Å²) in [5.74, 6) is -0.128. The van der Waals surface area contributed by atoms with Crippen molar-refractivity contribution >= 4 is 50.7 Å². The van der Waals surface area contributed by atoms with Crippen LogP contribution in [-0.2, 0) is 16.1 Å². The molecule has 0 saturated carbocycles. The number of hydrogen-bond acceptors (Lipinski definition) is 10. The SMILES string of the molecule is CCOC(=O)C1=C(C)N=c2s/c(=C/c3ccc(OCc4ccc([N+](=O)[O-])cc4)c(Br)c3)c(=O)n2[C@H]1c1ccc(C)c([N+](=O)[O-])c1. The van der Waals surface area contributed by atoms with E-state index in [-0.39, 0.29) is 30.2 Å². The number of aromatic nitrogens is 1. The molecule has 0 radical (unpaired) electrons. The molecule has 0 saturated heterocycles. The average molecular weight is 694 g/mol. The molecule has 0 unspecified atom stereocenters. The first kappa shape index (κ1) is 31.5. The van der Waals surface area contributed by atoms with Gasteiger partial charge in [0.2, 0.25) is 0 Å². The van der Waals surface area contributed by atoms with Crippen LogP contribution in [0.4, 0.5) is 11.4 Å². The van der Waals surface area contributed by atoms with Crippen molar-refractivity contribution in [3.05, 3.63) is 139 Å². The molecule has 0 fully saturated rings. The van der Waals surface area contributed by atoms with Crippen molar-refractivity contribution in [1.82, 2.24) is 4.57 Å². The van der Waals surface area contributed by atoms with E-state index >= 15 is 0 Å². The summed E-state index contributed by atoms with van der Waals surface area (Å²) < 4.78 is 13.5. The van der Waals surface area contributed by atoms with Gasteiger partial charge in [-0.05, 0) is 83.7 Å². The Kier molecular flexibility index (Phi) is 9.06. The van der Waals surface area contributed by atoms with Crippen LogP contribution in [0.3, 0.4) is 0 Å². The number of allylic oxidation sites excluding steroid dienone is 1. The van der Waals surface area contributed by atoms with Gasteiger partial charge in [-0.15, -0.1) is 0 Å². The predicted octanol–water partition coefficient (Wildman–Crippen LogP) is 5.26. The van der Waals surface area contributed by atoms with Crippen molar-refractivity contribution in [2.75, 3.05) is 6.61 Å². The standard InChI is InChI=1S/C31H25BrN4O8S/c1-4-43-30(38)27-18(3)33-31-34(28(27)21-9-5-17(2)24(15-21)36(41)42)29(37)26(45-31)14-20-8-12-25(23(32)13-20)44-16-19-6-10-22(11-7-19)35(39)40/h5-15,28H,4,16H2,1-3H3/b26-14+/t28-/m0/s1. The fourth-order valence-electron chi connectivity index (χ4n) is 4.85. The maximum atomic E-state index is 13.9. The van der Waals surface area contributed by atoms with Gasteiger partial charge in [0.25, 0.3) is 16.9 Å². The number of ether oxygens (including phenoxy) is 2. The number of fused-ring (bicyclic) bond motifs is 1. The van der Waals surface area contributed by atoms with Crippen molar-refractivity contribution in [3.63, 3.8) is 0 Å². The molecule has 14 heteroatoms. The minimum Gasteiger partial charge on any atom is -0.488 e. The van der Waals surface area contributed by atoms with E-state index in [1.807, 2.05) is 0 Å². The van der Waals surface area contributed by atoms with Crippen LogP contribution in [0.1, 0.15) is 42.1 Å². The fraction of sp³-hybridized carbons (Fsp3) is 0.194. The van der Waals surface area contributed by atoms with Crippen LogP contribution in [0.2, 0.25) is 0 Å². The van der Waals surface area contributed by atoms with E-state index in [4.69, 9.17) is 9.47 Å². The molecule has 1 atom stereocenters. The lowest BCUT2D eigenvalue weighted by molar-refractivity contribution is -0.385. The second-order valence-electron chi connectivity index (χ2n) is 10.0. The number of carbonyl (C=O) groups excluding carboxylic acids is 1. The van der Waals surface area contributed by atoms with Gasteiger partial charge in [0, 0.05) is 23.8 Å². The van der Waals surface area contributed by atoms with Gasteiger partial charge in [-0.3, -0.25) is 29.6 Å². The predicted molar refractivity (Wildman–Crippen MR) is 170 cm³/mol. The maximum absolute atomic E-state index is 13.9. The highest BCUT2D eigenvalue weighted by molar-refractivity contribution is 9.10. The fourth-order valence-corrected chi connectivity index (χ4v) is 6.41. The number of carbonyl (C=O) groups is 1. The quantitative estimate of drug-likeness (QED) is 0.131. The topological polar surface area (TPSA) is 156 Å². The number of nitro groups is 2. The van der Waals surface area contributed by atoms with Gasteiger partial charge in [0.15, 0.2) is 4.80 Å². The van der Waals surface area contributed by atoms with Crippen molar-refractivity contribution < 1.29 is 24.1 Å². The number of hydrogen-bond donors (Lipinski definition) is 0. The molecule has 1 aliphatic heterocycles. The van der Waals surface area contributed by atoms with Gasteiger partial charge in [0.1, 0.15) is 12.4 Å². The summed E-state index contributed by atoms with van der Waals surface area (Å²) in [4.78, 5) is 53.5. The third-order valence-corrected chi connectivity index (χ3v) is 8.66. The smallest absolute Gasteiger partial charge is 0.338 e. The molecule has 230 valence electrons. The second kappa shape index (κ2) is 13.0. The summed E-state index contributed by atoms with van der Waals surface area (Å²) in [5.41, 5.74) is 2.19. The van der Waals surface area contributed by atoms with Gasteiger partial charge < -0.3 is 9.47 Å².